The van der Waals surface area contributed by atoms with Gasteiger partial charge < -0.3 is 8.98 Å². The van der Waals surface area contributed by atoms with Crippen LogP contribution in [0.4, 0.5) is 13.2 Å². The average Bonchev–Trinajstić information content (AvgIpc) is 3.38. The predicted molar refractivity (Wildman–Crippen MR) is 93.9 cm³/mol. The zero-order valence-corrected chi connectivity index (χ0v) is 14.6. The van der Waals surface area contributed by atoms with Gasteiger partial charge in [-0.25, -0.2) is 14.4 Å². The number of nitrogens with zero attached hydrogens (tertiary/aromatic N) is 6. The molecule has 0 fully saturated rings. The third-order valence-electron chi connectivity index (χ3n) is 4.04. The summed E-state index contributed by atoms with van der Waals surface area (Å²) in [6.45, 7) is 0.385. The fourth-order valence-electron chi connectivity index (χ4n) is 2.76. The summed E-state index contributed by atoms with van der Waals surface area (Å²) in [6, 6.07) is 9.22. The van der Waals surface area contributed by atoms with E-state index in [2.05, 4.69) is 20.2 Å². The molecule has 0 aliphatic heterocycles. The Morgan fingerprint density at radius 1 is 1.10 bits per heavy atom. The molecule has 1 aromatic carbocycles. The fraction of sp³-hybridized carbons (Fsp3) is 0.105. The Labute approximate surface area is 162 Å². The number of rotatable bonds is 5. The zero-order valence-electron chi connectivity index (χ0n) is 14.6. The summed E-state index contributed by atoms with van der Waals surface area (Å²) >= 11 is 0. The van der Waals surface area contributed by atoms with Crippen molar-refractivity contribution in [2.45, 2.75) is 13.0 Å². The van der Waals surface area contributed by atoms with Crippen LogP contribution in [0.25, 0.3) is 22.8 Å². The normalized spacial score (nSPS) is 11.0. The number of halogens is 3. The van der Waals surface area contributed by atoms with Crippen molar-refractivity contribution in [3.63, 3.8) is 0 Å². The first-order valence-corrected chi connectivity index (χ1v) is 8.32. The SMILES string of the molecule is N#Cc1ccc(Cn2ccnc2-c2cc(F)cc(-c3nnc(C(F)F)o3)c2)cn1. The van der Waals surface area contributed by atoms with E-state index < -0.39 is 18.1 Å². The standard InChI is InChI=1S/C19H11F3N6O/c20-14-6-12(5-13(7-14)18-26-27-19(29-18)16(21)22)17-24-3-4-28(17)10-11-1-2-15(8-23)25-9-11/h1-7,9,16H,10H2. The maximum atomic E-state index is 14.2. The average molecular weight is 396 g/mol. The van der Waals surface area contributed by atoms with Crippen molar-refractivity contribution in [3.05, 3.63) is 71.9 Å². The molecule has 7 nitrogen and oxygen atoms in total. The molecule has 0 unspecified atom stereocenters. The summed E-state index contributed by atoms with van der Waals surface area (Å²) in [5, 5.41) is 15.6. The molecule has 0 amide bonds. The van der Waals surface area contributed by atoms with E-state index >= 15 is 0 Å². The molecule has 29 heavy (non-hydrogen) atoms. The zero-order chi connectivity index (χ0) is 20.4. The van der Waals surface area contributed by atoms with Crippen molar-refractivity contribution in [2.75, 3.05) is 0 Å². The lowest BCUT2D eigenvalue weighted by Crippen LogP contribution is -2.02. The molecule has 0 saturated heterocycles. The van der Waals surface area contributed by atoms with Crippen molar-refractivity contribution in [2.24, 2.45) is 0 Å². The van der Waals surface area contributed by atoms with Crippen LogP contribution in [-0.2, 0) is 6.54 Å². The molecule has 0 N–H and O–H groups in total. The molecule has 0 saturated carbocycles. The second kappa shape index (κ2) is 7.55. The molecule has 3 heterocycles. The quantitative estimate of drug-likeness (QED) is 0.506. The minimum absolute atomic E-state index is 0.161. The highest BCUT2D eigenvalue weighted by atomic mass is 19.3. The van der Waals surface area contributed by atoms with E-state index in [1.807, 2.05) is 6.07 Å². The highest BCUT2D eigenvalue weighted by molar-refractivity contribution is 5.65. The lowest BCUT2D eigenvalue weighted by molar-refractivity contribution is 0.116. The molecule has 0 radical (unpaired) electrons. The van der Waals surface area contributed by atoms with Gasteiger partial charge in [0.2, 0.25) is 5.89 Å². The molecule has 0 bridgehead atoms. The minimum atomic E-state index is -2.91. The van der Waals surface area contributed by atoms with Crippen LogP contribution in [0.3, 0.4) is 0 Å². The van der Waals surface area contributed by atoms with Crippen molar-refractivity contribution < 1.29 is 17.6 Å². The highest BCUT2D eigenvalue weighted by Crippen LogP contribution is 2.28. The van der Waals surface area contributed by atoms with Gasteiger partial charge in [-0.3, -0.25) is 0 Å². The van der Waals surface area contributed by atoms with E-state index in [1.165, 1.54) is 12.1 Å². The third-order valence-corrected chi connectivity index (χ3v) is 4.04. The number of alkyl halides is 2. The smallest absolute Gasteiger partial charge is 0.314 e. The van der Waals surface area contributed by atoms with Gasteiger partial charge in [0.15, 0.2) is 0 Å². The van der Waals surface area contributed by atoms with Gasteiger partial charge in [0.05, 0.1) is 6.54 Å². The molecule has 144 valence electrons. The van der Waals surface area contributed by atoms with E-state index in [1.54, 1.807) is 35.3 Å². The van der Waals surface area contributed by atoms with Crippen molar-refractivity contribution in [1.29, 1.82) is 5.26 Å². The lowest BCUT2D eigenvalue weighted by atomic mass is 10.1. The summed E-state index contributed by atoms with van der Waals surface area (Å²) in [5.74, 6) is -1.20. The Bertz CT molecular complexity index is 1190. The lowest BCUT2D eigenvalue weighted by Gasteiger charge is -2.09. The van der Waals surface area contributed by atoms with Gasteiger partial charge in [-0.2, -0.15) is 14.0 Å². The Kier molecular flexibility index (Phi) is 4.78. The van der Waals surface area contributed by atoms with E-state index in [9.17, 15) is 13.2 Å². The van der Waals surface area contributed by atoms with E-state index in [0.29, 0.717) is 23.6 Å². The summed E-state index contributed by atoms with van der Waals surface area (Å²) in [4.78, 5) is 8.28. The molecule has 0 aliphatic rings. The van der Waals surface area contributed by atoms with Crippen LogP contribution in [-0.4, -0.2) is 24.7 Å². The fourth-order valence-corrected chi connectivity index (χ4v) is 2.76. The first-order chi connectivity index (χ1) is 14.0. The molecule has 0 atom stereocenters. The van der Waals surface area contributed by atoms with Crippen molar-refractivity contribution >= 4 is 0 Å². The van der Waals surface area contributed by atoms with Gasteiger partial charge in [-0.05, 0) is 29.8 Å². The van der Waals surface area contributed by atoms with Gasteiger partial charge in [-0.1, -0.05) is 6.07 Å². The number of nitriles is 1. The molecule has 3 aromatic heterocycles. The van der Waals surface area contributed by atoms with Gasteiger partial charge in [-0.15, -0.1) is 10.2 Å². The van der Waals surface area contributed by atoms with Gasteiger partial charge in [0.25, 0.3) is 5.89 Å². The second-order valence-corrected chi connectivity index (χ2v) is 6.02. The van der Waals surface area contributed by atoms with E-state index in [0.717, 1.165) is 11.6 Å². The highest BCUT2D eigenvalue weighted by Gasteiger charge is 2.18. The number of pyridine rings is 1. The van der Waals surface area contributed by atoms with Crippen LogP contribution in [0, 0.1) is 17.1 Å². The monoisotopic (exact) mass is 396 g/mol. The van der Waals surface area contributed by atoms with Crippen LogP contribution in [0.15, 0.2) is 53.3 Å². The Hall–Kier alpha value is -4.00. The summed E-state index contributed by atoms with van der Waals surface area (Å²) < 4.78 is 46.2. The van der Waals surface area contributed by atoms with Crippen molar-refractivity contribution in [1.82, 2.24) is 24.7 Å². The molecular weight excluding hydrogens is 385 g/mol. The Balaban J connectivity index is 1.67. The number of benzene rings is 1. The Morgan fingerprint density at radius 3 is 2.62 bits per heavy atom. The first-order valence-electron chi connectivity index (χ1n) is 8.32. The molecule has 10 heteroatoms. The third kappa shape index (κ3) is 3.84. The molecule has 4 aromatic rings. The van der Waals surface area contributed by atoms with E-state index in [-0.39, 0.29) is 11.5 Å². The number of hydrogen-bond acceptors (Lipinski definition) is 6. The van der Waals surface area contributed by atoms with E-state index in [4.69, 9.17) is 9.68 Å². The second-order valence-electron chi connectivity index (χ2n) is 6.02. The Morgan fingerprint density at radius 2 is 1.93 bits per heavy atom. The van der Waals surface area contributed by atoms with Crippen molar-refractivity contribution in [3.8, 4) is 28.9 Å². The van der Waals surface area contributed by atoms with Gasteiger partial charge in [0, 0.05) is 29.7 Å². The number of imidazole rings is 1. The van der Waals surface area contributed by atoms with Crippen LogP contribution >= 0.6 is 0 Å². The molecule has 4 rings (SSSR count). The van der Waals surface area contributed by atoms with Gasteiger partial charge in [0.1, 0.15) is 23.4 Å². The number of hydrogen-bond donors (Lipinski definition) is 0. The topological polar surface area (TPSA) is 93.4 Å². The maximum Gasteiger partial charge on any atom is 0.314 e. The maximum absolute atomic E-state index is 14.2. The van der Waals surface area contributed by atoms with Crippen LogP contribution < -0.4 is 0 Å². The summed E-state index contributed by atoms with van der Waals surface area (Å²) in [7, 11) is 0. The summed E-state index contributed by atoms with van der Waals surface area (Å²) in [5.41, 5.74) is 1.69. The minimum Gasteiger partial charge on any atom is -0.415 e. The molecular formula is C19H11F3N6O. The molecule has 0 spiro atoms. The number of aromatic nitrogens is 5. The van der Waals surface area contributed by atoms with Crippen LogP contribution in [0.1, 0.15) is 23.6 Å². The van der Waals surface area contributed by atoms with Gasteiger partial charge >= 0.3 is 6.43 Å². The van der Waals surface area contributed by atoms with Crippen LogP contribution in [0.5, 0.6) is 0 Å². The largest absolute Gasteiger partial charge is 0.415 e. The van der Waals surface area contributed by atoms with Crippen LogP contribution in [0.2, 0.25) is 0 Å². The predicted octanol–water partition coefficient (Wildman–Crippen LogP) is 3.99. The summed E-state index contributed by atoms with van der Waals surface area (Å²) in [6.07, 6.45) is 1.92. The first kappa shape index (κ1) is 18.4. The molecule has 0 aliphatic carbocycles.